The van der Waals surface area contributed by atoms with E-state index in [1.165, 1.54) is 11.3 Å². The highest BCUT2D eigenvalue weighted by atomic mass is 32.1. The molecule has 0 saturated carbocycles. The second-order valence-corrected chi connectivity index (χ2v) is 7.93. The quantitative estimate of drug-likeness (QED) is 0.925. The van der Waals surface area contributed by atoms with Crippen molar-refractivity contribution in [1.29, 1.82) is 0 Å². The number of Topliss-reactive ketones (excluding diaryl/α,β-unsaturated/α-hetero) is 1. The molecule has 1 aromatic rings. The maximum absolute atomic E-state index is 12.2. The highest BCUT2D eigenvalue weighted by Gasteiger charge is 2.34. The van der Waals surface area contributed by atoms with Gasteiger partial charge in [0.2, 0.25) is 5.91 Å². The van der Waals surface area contributed by atoms with Gasteiger partial charge in [0.25, 0.3) is 0 Å². The number of carbonyl (C=O) groups is 2. The van der Waals surface area contributed by atoms with Crippen molar-refractivity contribution in [2.45, 2.75) is 53.9 Å². The summed E-state index contributed by atoms with van der Waals surface area (Å²) < 4.78 is 0. The molecule has 1 aliphatic rings. The number of thiazole rings is 1. The first kappa shape index (κ1) is 15.2. The minimum absolute atomic E-state index is 0.0396. The lowest BCUT2D eigenvalue weighted by molar-refractivity contribution is -0.124. The molecule has 1 aliphatic carbocycles. The number of hydrogen-bond acceptors (Lipinski definition) is 4. The molecule has 0 atom stereocenters. The van der Waals surface area contributed by atoms with E-state index in [-0.39, 0.29) is 17.1 Å². The average molecular weight is 294 g/mol. The SMILES string of the molecule is CCC(C)(C)C(=O)Nc1nc2c(s1)C(=O)CC(C)(C)C2. The van der Waals surface area contributed by atoms with E-state index in [1.54, 1.807) is 0 Å². The number of fused-ring (bicyclic) bond motifs is 1. The molecular formula is C15H22N2O2S. The van der Waals surface area contributed by atoms with Gasteiger partial charge >= 0.3 is 0 Å². The third-order valence-electron chi connectivity index (χ3n) is 3.95. The number of amides is 1. The first-order valence-corrected chi connectivity index (χ1v) is 7.81. The molecule has 0 aromatic carbocycles. The number of nitrogens with one attached hydrogen (secondary N) is 1. The number of anilines is 1. The summed E-state index contributed by atoms with van der Waals surface area (Å²) in [7, 11) is 0. The first-order chi connectivity index (χ1) is 9.14. The van der Waals surface area contributed by atoms with Crippen LogP contribution in [-0.4, -0.2) is 16.7 Å². The van der Waals surface area contributed by atoms with Crippen molar-refractivity contribution in [2.24, 2.45) is 10.8 Å². The third kappa shape index (κ3) is 2.92. The summed E-state index contributed by atoms with van der Waals surface area (Å²) in [5.74, 6) is 0.0989. The Balaban J connectivity index is 2.22. The zero-order valence-electron chi connectivity index (χ0n) is 12.8. The van der Waals surface area contributed by atoms with Gasteiger partial charge in [0, 0.05) is 11.8 Å². The van der Waals surface area contributed by atoms with Crippen LogP contribution in [-0.2, 0) is 11.2 Å². The molecule has 1 N–H and O–H groups in total. The number of nitrogens with zero attached hydrogens (tertiary/aromatic N) is 1. The molecule has 0 unspecified atom stereocenters. The molecule has 0 aliphatic heterocycles. The van der Waals surface area contributed by atoms with Crippen LogP contribution in [0, 0.1) is 10.8 Å². The van der Waals surface area contributed by atoms with Crippen LogP contribution in [0.1, 0.15) is 62.8 Å². The monoisotopic (exact) mass is 294 g/mol. The molecule has 0 fully saturated rings. The van der Waals surface area contributed by atoms with E-state index in [9.17, 15) is 9.59 Å². The van der Waals surface area contributed by atoms with Crippen LogP contribution >= 0.6 is 11.3 Å². The van der Waals surface area contributed by atoms with Gasteiger partial charge in [-0.05, 0) is 18.3 Å². The van der Waals surface area contributed by atoms with Crippen LogP contribution in [0.25, 0.3) is 0 Å². The van der Waals surface area contributed by atoms with Crippen LogP contribution in [0.3, 0.4) is 0 Å². The Bertz CT molecular complexity index is 558. The van der Waals surface area contributed by atoms with Crippen molar-refractivity contribution in [3.05, 3.63) is 10.6 Å². The lowest BCUT2D eigenvalue weighted by Gasteiger charge is -2.26. The van der Waals surface area contributed by atoms with Gasteiger partial charge < -0.3 is 5.32 Å². The predicted octanol–water partition coefficient (Wildman–Crippen LogP) is 3.67. The van der Waals surface area contributed by atoms with E-state index < -0.39 is 5.41 Å². The zero-order valence-corrected chi connectivity index (χ0v) is 13.6. The van der Waals surface area contributed by atoms with Crippen LogP contribution in [0.4, 0.5) is 5.13 Å². The summed E-state index contributed by atoms with van der Waals surface area (Å²) >= 11 is 1.31. The maximum atomic E-state index is 12.2. The van der Waals surface area contributed by atoms with Crippen LogP contribution in [0.2, 0.25) is 0 Å². The van der Waals surface area contributed by atoms with Crippen molar-refractivity contribution >= 4 is 28.2 Å². The maximum Gasteiger partial charge on any atom is 0.231 e. The van der Waals surface area contributed by atoms with Crippen molar-refractivity contribution in [3.63, 3.8) is 0 Å². The van der Waals surface area contributed by atoms with E-state index in [1.807, 2.05) is 20.8 Å². The summed E-state index contributed by atoms with van der Waals surface area (Å²) in [4.78, 5) is 29.4. The van der Waals surface area contributed by atoms with Gasteiger partial charge in [-0.1, -0.05) is 46.0 Å². The molecule has 4 nitrogen and oxygen atoms in total. The van der Waals surface area contributed by atoms with Crippen molar-refractivity contribution in [3.8, 4) is 0 Å². The Morgan fingerprint density at radius 1 is 1.40 bits per heavy atom. The van der Waals surface area contributed by atoms with Crippen molar-refractivity contribution < 1.29 is 9.59 Å². The summed E-state index contributed by atoms with van der Waals surface area (Å²) in [6, 6.07) is 0. The van der Waals surface area contributed by atoms with Crippen LogP contribution in [0.5, 0.6) is 0 Å². The second-order valence-electron chi connectivity index (χ2n) is 6.93. The van der Waals surface area contributed by atoms with E-state index in [2.05, 4.69) is 24.1 Å². The minimum Gasteiger partial charge on any atom is -0.301 e. The van der Waals surface area contributed by atoms with Crippen molar-refractivity contribution in [1.82, 2.24) is 4.98 Å². The molecule has 110 valence electrons. The minimum atomic E-state index is -0.421. The van der Waals surface area contributed by atoms with Gasteiger partial charge in [0.05, 0.1) is 10.6 Å². The summed E-state index contributed by atoms with van der Waals surface area (Å²) in [5.41, 5.74) is 0.373. The van der Waals surface area contributed by atoms with Crippen molar-refractivity contribution in [2.75, 3.05) is 5.32 Å². The normalized spacial score (nSPS) is 17.8. The molecular weight excluding hydrogens is 272 g/mol. The Kier molecular flexibility index (Phi) is 3.75. The van der Waals surface area contributed by atoms with Crippen LogP contribution < -0.4 is 5.32 Å². The first-order valence-electron chi connectivity index (χ1n) is 6.99. The Hall–Kier alpha value is -1.23. The van der Waals surface area contributed by atoms with E-state index >= 15 is 0 Å². The highest BCUT2D eigenvalue weighted by Crippen LogP contribution is 2.38. The smallest absolute Gasteiger partial charge is 0.231 e. The zero-order chi connectivity index (χ0) is 15.1. The number of hydrogen-bond donors (Lipinski definition) is 1. The molecule has 0 spiro atoms. The second kappa shape index (κ2) is 4.95. The number of carbonyl (C=O) groups excluding carboxylic acids is 2. The summed E-state index contributed by atoms with van der Waals surface area (Å²) in [6.45, 7) is 9.95. The molecule has 2 rings (SSSR count). The van der Waals surface area contributed by atoms with Gasteiger partial charge in [0.1, 0.15) is 0 Å². The molecule has 0 bridgehead atoms. The fourth-order valence-corrected chi connectivity index (χ4v) is 3.12. The summed E-state index contributed by atoms with van der Waals surface area (Å²) in [5, 5.41) is 3.40. The van der Waals surface area contributed by atoms with E-state index in [0.717, 1.165) is 18.5 Å². The lowest BCUT2D eigenvalue weighted by atomic mass is 9.78. The molecule has 0 saturated heterocycles. The fourth-order valence-electron chi connectivity index (χ4n) is 2.20. The highest BCUT2D eigenvalue weighted by molar-refractivity contribution is 7.17. The van der Waals surface area contributed by atoms with E-state index in [4.69, 9.17) is 0 Å². The molecule has 5 heteroatoms. The summed E-state index contributed by atoms with van der Waals surface area (Å²) in [6.07, 6.45) is 2.10. The molecule has 1 aromatic heterocycles. The lowest BCUT2D eigenvalue weighted by Crippen LogP contribution is -2.30. The number of ketones is 1. The van der Waals surface area contributed by atoms with Gasteiger partial charge in [-0.15, -0.1) is 0 Å². The largest absolute Gasteiger partial charge is 0.301 e. The van der Waals surface area contributed by atoms with Gasteiger partial charge in [-0.3, -0.25) is 9.59 Å². The Morgan fingerprint density at radius 3 is 2.65 bits per heavy atom. The molecule has 1 heterocycles. The van der Waals surface area contributed by atoms with Gasteiger partial charge in [-0.2, -0.15) is 0 Å². The number of rotatable bonds is 3. The predicted molar refractivity (Wildman–Crippen MR) is 81.2 cm³/mol. The van der Waals surface area contributed by atoms with Gasteiger partial charge in [0.15, 0.2) is 10.9 Å². The molecule has 0 radical (unpaired) electrons. The van der Waals surface area contributed by atoms with Crippen LogP contribution in [0.15, 0.2) is 0 Å². The van der Waals surface area contributed by atoms with E-state index in [0.29, 0.717) is 16.4 Å². The topological polar surface area (TPSA) is 59.1 Å². The molecule has 20 heavy (non-hydrogen) atoms. The Morgan fingerprint density at radius 2 is 2.05 bits per heavy atom. The van der Waals surface area contributed by atoms with Gasteiger partial charge in [-0.25, -0.2) is 4.98 Å². The Labute approximate surface area is 124 Å². The standard InChI is InChI=1S/C15H22N2O2S/c1-6-15(4,5)12(19)17-13-16-9-7-14(2,3)8-10(18)11(9)20-13/h6-8H2,1-5H3,(H,16,17,19). The third-order valence-corrected chi connectivity index (χ3v) is 5.01. The fraction of sp³-hybridized carbons (Fsp3) is 0.667. The average Bonchev–Trinajstić information content (AvgIpc) is 2.70. The molecule has 1 amide bonds. The number of aromatic nitrogens is 1.